The van der Waals surface area contributed by atoms with Crippen molar-refractivity contribution in [3.05, 3.63) is 0 Å². The van der Waals surface area contributed by atoms with Crippen molar-refractivity contribution in [2.75, 3.05) is 13.1 Å². The van der Waals surface area contributed by atoms with Crippen LogP contribution in [0.15, 0.2) is 0 Å². The molecule has 1 saturated heterocycles. The Labute approximate surface area is 93.0 Å². The second-order valence-corrected chi connectivity index (χ2v) is 5.56. The van der Waals surface area contributed by atoms with E-state index in [2.05, 4.69) is 18.7 Å². The molecule has 1 aliphatic carbocycles. The van der Waals surface area contributed by atoms with Gasteiger partial charge >= 0.3 is 0 Å². The average molecular weight is 209 g/mol. The van der Waals surface area contributed by atoms with E-state index in [0.717, 1.165) is 37.8 Å². The highest BCUT2D eigenvalue weighted by atomic mass is 16.2. The summed E-state index contributed by atoms with van der Waals surface area (Å²) in [6.07, 6.45) is 6.02. The van der Waals surface area contributed by atoms with Gasteiger partial charge in [-0.15, -0.1) is 0 Å². The molecule has 2 rings (SSSR count). The molecule has 2 heteroatoms. The van der Waals surface area contributed by atoms with Gasteiger partial charge in [0, 0.05) is 19.0 Å². The fourth-order valence-electron chi connectivity index (χ4n) is 2.96. The van der Waals surface area contributed by atoms with E-state index < -0.39 is 0 Å². The molecule has 0 unspecified atom stereocenters. The summed E-state index contributed by atoms with van der Waals surface area (Å²) in [5, 5.41) is 0. The summed E-state index contributed by atoms with van der Waals surface area (Å²) in [6.45, 7) is 6.58. The van der Waals surface area contributed by atoms with Crippen LogP contribution in [-0.4, -0.2) is 23.9 Å². The summed E-state index contributed by atoms with van der Waals surface area (Å²) in [7, 11) is 0. The van der Waals surface area contributed by atoms with Crippen molar-refractivity contribution in [1.82, 2.24) is 4.90 Å². The van der Waals surface area contributed by atoms with E-state index in [0.29, 0.717) is 11.8 Å². The molecule has 1 atom stereocenters. The number of amides is 1. The predicted octanol–water partition coefficient (Wildman–Crippen LogP) is 2.68. The molecule has 1 saturated carbocycles. The van der Waals surface area contributed by atoms with E-state index in [1.807, 2.05) is 0 Å². The van der Waals surface area contributed by atoms with Gasteiger partial charge in [0.2, 0.25) is 5.91 Å². The maximum absolute atomic E-state index is 12.1. The van der Waals surface area contributed by atoms with Gasteiger partial charge in [0.1, 0.15) is 0 Å². The van der Waals surface area contributed by atoms with Gasteiger partial charge < -0.3 is 4.90 Å². The minimum atomic E-state index is 0.371. The van der Waals surface area contributed by atoms with Crippen molar-refractivity contribution >= 4 is 5.91 Å². The SMILES string of the molecule is CC(C)[C@@H]1CCN(C(=O)C2CCCC2)C1. The third kappa shape index (κ3) is 2.35. The lowest BCUT2D eigenvalue weighted by molar-refractivity contribution is -0.134. The largest absolute Gasteiger partial charge is 0.342 e. The highest BCUT2D eigenvalue weighted by Crippen LogP contribution is 2.30. The standard InChI is InChI=1S/C13H23NO/c1-10(2)12-7-8-14(9-12)13(15)11-5-3-4-6-11/h10-12H,3-9H2,1-2H3/t12-/m1/s1. The molecule has 0 radical (unpaired) electrons. The quantitative estimate of drug-likeness (QED) is 0.684. The molecule has 1 heterocycles. The summed E-state index contributed by atoms with van der Waals surface area (Å²) < 4.78 is 0. The number of carbonyl (C=O) groups excluding carboxylic acids is 1. The van der Waals surface area contributed by atoms with Crippen molar-refractivity contribution in [3.8, 4) is 0 Å². The fourth-order valence-corrected chi connectivity index (χ4v) is 2.96. The van der Waals surface area contributed by atoms with Crippen LogP contribution in [0.2, 0.25) is 0 Å². The Balaban J connectivity index is 1.87. The number of likely N-dealkylation sites (tertiary alicyclic amines) is 1. The molecule has 2 nitrogen and oxygen atoms in total. The second-order valence-electron chi connectivity index (χ2n) is 5.56. The summed E-state index contributed by atoms with van der Waals surface area (Å²) in [4.78, 5) is 14.3. The molecule has 15 heavy (non-hydrogen) atoms. The van der Waals surface area contributed by atoms with E-state index in [9.17, 15) is 4.79 Å². The Kier molecular flexibility index (Phi) is 3.32. The zero-order valence-corrected chi connectivity index (χ0v) is 10.0. The first-order chi connectivity index (χ1) is 7.18. The van der Waals surface area contributed by atoms with Gasteiger partial charge in [-0.05, 0) is 31.1 Å². The first-order valence-corrected chi connectivity index (χ1v) is 6.47. The van der Waals surface area contributed by atoms with Gasteiger partial charge in [0.05, 0.1) is 0 Å². The molecule has 86 valence electrons. The Morgan fingerprint density at radius 2 is 1.87 bits per heavy atom. The van der Waals surface area contributed by atoms with Crippen molar-refractivity contribution in [1.29, 1.82) is 0 Å². The summed E-state index contributed by atoms with van der Waals surface area (Å²) in [6, 6.07) is 0. The van der Waals surface area contributed by atoms with Crippen LogP contribution in [0.5, 0.6) is 0 Å². The second kappa shape index (κ2) is 4.54. The molecule has 1 amide bonds. The molecule has 2 aliphatic rings. The topological polar surface area (TPSA) is 20.3 Å². The van der Waals surface area contributed by atoms with Crippen LogP contribution >= 0.6 is 0 Å². The molecule has 0 bridgehead atoms. The van der Waals surface area contributed by atoms with E-state index >= 15 is 0 Å². The number of hydrogen-bond donors (Lipinski definition) is 0. The van der Waals surface area contributed by atoms with Crippen molar-refractivity contribution < 1.29 is 4.79 Å². The van der Waals surface area contributed by atoms with Gasteiger partial charge in [-0.25, -0.2) is 0 Å². The fraction of sp³-hybridized carbons (Fsp3) is 0.923. The van der Waals surface area contributed by atoms with E-state index in [1.54, 1.807) is 0 Å². The van der Waals surface area contributed by atoms with Crippen LogP contribution in [0, 0.1) is 17.8 Å². The smallest absolute Gasteiger partial charge is 0.225 e. The van der Waals surface area contributed by atoms with Gasteiger partial charge in [-0.3, -0.25) is 4.79 Å². The van der Waals surface area contributed by atoms with Crippen LogP contribution in [0.4, 0.5) is 0 Å². The lowest BCUT2D eigenvalue weighted by Gasteiger charge is -2.21. The Morgan fingerprint density at radius 1 is 1.20 bits per heavy atom. The van der Waals surface area contributed by atoms with Crippen molar-refractivity contribution in [2.45, 2.75) is 46.0 Å². The lowest BCUT2D eigenvalue weighted by atomic mass is 9.95. The Hall–Kier alpha value is -0.530. The zero-order chi connectivity index (χ0) is 10.8. The Bertz CT molecular complexity index is 231. The number of carbonyl (C=O) groups is 1. The zero-order valence-electron chi connectivity index (χ0n) is 10.0. The molecule has 0 aromatic carbocycles. The summed E-state index contributed by atoms with van der Waals surface area (Å²) in [5.41, 5.74) is 0. The van der Waals surface area contributed by atoms with Crippen molar-refractivity contribution in [2.24, 2.45) is 17.8 Å². The first-order valence-electron chi connectivity index (χ1n) is 6.47. The Morgan fingerprint density at radius 3 is 2.40 bits per heavy atom. The van der Waals surface area contributed by atoms with E-state index in [1.165, 1.54) is 19.3 Å². The highest BCUT2D eigenvalue weighted by Gasteiger charge is 2.32. The highest BCUT2D eigenvalue weighted by molar-refractivity contribution is 5.79. The van der Waals surface area contributed by atoms with Crippen LogP contribution in [0.25, 0.3) is 0 Å². The van der Waals surface area contributed by atoms with Crippen LogP contribution in [0.1, 0.15) is 46.0 Å². The maximum atomic E-state index is 12.1. The first kappa shape index (κ1) is 11.0. The summed E-state index contributed by atoms with van der Waals surface area (Å²) in [5.74, 6) is 2.30. The van der Waals surface area contributed by atoms with Gasteiger partial charge in [-0.2, -0.15) is 0 Å². The van der Waals surface area contributed by atoms with Gasteiger partial charge in [-0.1, -0.05) is 26.7 Å². The molecule has 0 spiro atoms. The van der Waals surface area contributed by atoms with Crippen LogP contribution in [-0.2, 0) is 4.79 Å². The minimum Gasteiger partial charge on any atom is -0.342 e. The molecule has 1 aliphatic heterocycles. The van der Waals surface area contributed by atoms with Crippen LogP contribution in [0.3, 0.4) is 0 Å². The monoisotopic (exact) mass is 209 g/mol. The lowest BCUT2D eigenvalue weighted by Crippen LogP contribution is -2.33. The van der Waals surface area contributed by atoms with E-state index in [4.69, 9.17) is 0 Å². The molecular weight excluding hydrogens is 186 g/mol. The third-order valence-corrected chi connectivity index (χ3v) is 4.18. The summed E-state index contributed by atoms with van der Waals surface area (Å²) >= 11 is 0. The van der Waals surface area contributed by atoms with E-state index in [-0.39, 0.29) is 0 Å². The average Bonchev–Trinajstić information content (AvgIpc) is 2.88. The molecule has 0 aromatic rings. The number of nitrogens with zero attached hydrogens (tertiary/aromatic N) is 1. The van der Waals surface area contributed by atoms with Gasteiger partial charge in [0.15, 0.2) is 0 Å². The van der Waals surface area contributed by atoms with Crippen LogP contribution < -0.4 is 0 Å². The molecular formula is C13H23NO. The minimum absolute atomic E-state index is 0.371. The number of rotatable bonds is 2. The maximum Gasteiger partial charge on any atom is 0.225 e. The molecule has 2 fully saturated rings. The molecule has 0 N–H and O–H groups in total. The third-order valence-electron chi connectivity index (χ3n) is 4.18. The number of hydrogen-bond acceptors (Lipinski definition) is 1. The van der Waals surface area contributed by atoms with Gasteiger partial charge in [0.25, 0.3) is 0 Å². The molecule has 0 aromatic heterocycles. The van der Waals surface area contributed by atoms with Crippen molar-refractivity contribution in [3.63, 3.8) is 0 Å². The predicted molar refractivity (Wildman–Crippen MR) is 61.5 cm³/mol. The normalized spacial score (nSPS) is 27.9.